The van der Waals surface area contributed by atoms with Gasteiger partial charge < -0.3 is 24.4 Å². The predicted octanol–water partition coefficient (Wildman–Crippen LogP) is 1.17. The number of carbonyl (C=O) groups is 2. The summed E-state index contributed by atoms with van der Waals surface area (Å²) in [5, 5.41) is 29.1. The quantitative estimate of drug-likeness (QED) is 0.248. The fourth-order valence-electron chi connectivity index (χ4n) is 1.83. The highest BCUT2D eigenvalue weighted by Crippen LogP contribution is 2.46. The summed E-state index contributed by atoms with van der Waals surface area (Å²) in [5.41, 5.74) is -2.02. The second-order valence-corrected chi connectivity index (χ2v) is 4.01. The summed E-state index contributed by atoms with van der Waals surface area (Å²) in [5.74, 6) is -3.89. The van der Waals surface area contributed by atoms with Crippen molar-refractivity contribution in [1.82, 2.24) is 0 Å². The van der Waals surface area contributed by atoms with Crippen LogP contribution in [0.3, 0.4) is 0 Å². The Morgan fingerprint density at radius 1 is 1.09 bits per heavy atom. The molecule has 0 unspecified atom stereocenters. The SMILES string of the molecule is COc1cc(C=C(C(=O)O)C(=O)O)c([N+](=O)[O-])c(OC)c1OC. The molecule has 1 aromatic carbocycles. The normalized spacial score (nSPS) is 9.70. The fourth-order valence-corrected chi connectivity index (χ4v) is 1.83. The van der Waals surface area contributed by atoms with E-state index in [1.54, 1.807) is 0 Å². The Kier molecular flexibility index (Phi) is 5.49. The number of nitrogens with zero attached hydrogens (tertiary/aromatic N) is 1. The van der Waals surface area contributed by atoms with Gasteiger partial charge in [-0.2, -0.15) is 0 Å². The highest BCUT2D eigenvalue weighted by atomic mass is 16.6. The van der Waals surface area contributed by atoms with Crippen LogP contribution in [0.25, 0.3) is 6.08 Å². The Bertz CT molecular complexity index is 677. The molecule has 0 fully saturated rings. The van der Waals surface area contributed by atoms with Crippen LogP contribution in [-0.2, 0) is 9.59 Å². The third kappa shape index (κ3) is 3.48. The van der Waals surface area contributed by atoms with Crippen LogP contribution in [-0.4, -0.2) is 48.4 Å². The van der Waals surface area contributed by atoms with Crippen molar-refractivity contribution in [1.29, 1.82) is 0 Å². The lowest BCUT2D eigenvalue weighted by molar-refractivity contribution is -0.386. The molecule has 2 N–H and O–H groups in total. The number of carboxylic acids is 2. The van der Waals surface area contributed by atoms with Crippen LogP contribution in [0.2, 0.25) is 0 Å². The second kappa shape index (κ2) is 7.11. The standard InChI is InChI=1S/C13H13NO9/c1-21-8-5-6(4-7(12(15)16)13(17)18)9(14(19)20)11(23-3)10(8)22-2/h4-5H,1-3H3,(H,15,16)(H,17,18). The molecule has 0 saturated carbocycles. The molecule has 0 saturated heterocycles. The Morgan fingerprint density at radius 2 is 1.61 bits per heavy atom. The van der Waals surface area contributed by atoms with E-state index in [1.807, 2.05) is 0 Å². The predicted molar refractivity (Wildman–Crippen MR) is 76.0 cm³/mol. The smallest absolute Gasteiger partial charge is 0.343 e. The molecule has 0 aromatic heterocycles. The van der Waals surface area contributed by atoms with Gasteiger partial charge in [0.15, 0.2) is 5.75 Å². The molecule has 0 bridgehead atoms. The van der Waals surface area contributed by atoms with Crippen molar-refractivity contribution in [3.05, 3.63) is 27.3 Å². The number of benzene rings is 1. The van der Waals surface area contributed by atoms with Crippen LogP contribution in [0.4, 0.5) is 5.69 Å². The van der Waals surface area contributed by atoms with Gasteiger partial charge >= 0.3 is 17.6 Å². The molecule has 23 heavy (non-hydrogen) atoms. The highest BCUT2D eigenvalue weighted by Gasteiger charge is 2.29. The number of hydrogen-bond acceptors (Lipinski definition) is 7. The maximum Gasteiger partial charge on any atom is 0.343 e. The zero-order valence-electron chi connectivity index (χ0n) is 12.4. The Balaban J connectivity index is 3.84. The van der Waals surface area contributed by atoms with Crippen LogP contribution in [0.1, 0.15) is 5.56 Å². The molecular weight excluding hydrogens is 314 g/mol. The molecular formula is C13H13NO9. The van der Waals surface area contributed by atoms with Crippen molar-refractivity contribution in [2.45, 2.75) is 0 Å². The van der Waals surface area contributed by atoms with Gasteiger partial charge in [-0.15, -0.1) is 0 Å². The number of hydrogen-bond donors (Lipinski definition) is 2. The molecule has 0 heterocycles. The molecule has 10 heteroatoms. The van der Waals surface area contributed by atoms with Crippen molar-refractivity contribution in [3.63, 3.8) is 0 Å². The molecule has 124 valence electrons. The Morgan fingerprint density at radius 3 is 1.96 bits per heavy atom. The number of rotatable bonds is 7. The van der Waals surface area contributed by atoms with E-state index in [2.05, 4.69) is 0 Å². The van der Waals surface area contributed by atoms with Crippen molar-refractivity contribution in [2.75, 3.05) is 21.3 Å². The van der Waals surface area contributed by atoms with Gasteiger partial charge in [0, 0.05) is 0 Å². The van der Waals surface area contributed by atoms with Gasteiger partial charge in [-0.25, -0.2) is 9.59 Å². The van der Waals surface area contributed by atoms with Crippen LogP contribution in [0.5, 0.6) is 17.2 Å². The Labute approximate surface area is 129 Å². The number of nitro groups is 1. The largest absolute Gasteiger partial charge is 0.493 e. The first-order chi connectivity index (χ1) is 10.8. The molecule has 0 amide bonds. The maximum absolute atomic E-state index is 11.3. The van der Waals surface area contributed by atoms with Crippen LogP contribution < -0.4 is 14.2 Å². The van der Waals surface area contributed by atoms with Gasteiger partial charge in [0.05, 0.1) is 31.8 Å². The summed E-state index contributed by atoms with van der Waals surface area (Å²) in [7, 11) is 3.64. The van der Waals surface area contributed by atoms with Crippen molar-refractivity contribution in [3.8, 4) is 17.2 Å². The van der Waals surface area contributed by atoms with E-state index in [4.69, 9.17) is 24.4 Å². The summed E-state index contributed by atoms with van der Waals surface area (Å²) >= 11 is 0. The lowest BCUT2D eigenvalue weighted by Gasteiger charge is -2.13. The first-order valence-electron chi connectivity index (χ1n) is 5.94. The Hall–Kier alpha value is -3.30. The first kappa shape index (κ1) is 17.8. The van der Waals surface area contributed by atoms with E-state index >= 15 is 0 Å². The third-order valence-electron chi connectivity index (χ3n) is 2.78. The van der Waals surface area contributed by atoms with Crippen LogP contribution in [0, 0.1) is 10.1 Å². The molecule has 0 aliphatic rings. The van der Waals surface area contributed by atoms with Gasteiger partial charge in [-0.3, -0.25) is 10.1 Å². The lowest BCUT2D eigenvalue weighted by atomic mass is 10.1. The summed E-state index contributed by atoms with van der Waals surface area (Å²) in [4.78, 5) is 32.4. The van der Waals surface area contributed by atoms with Crippen LogP contribution in [0.15, 0.2) is 11.6 Å². The van der Waals surface area contributed by atoms with E-state index in [1.165, 1.54) is 14.2 Å². The fraction of sp³-hybridized carbons (Fsp3) is 0.231. The van der Waals surface area contributed by atoms with E-state index in [-0.39, 0.29) is 22.8 Å². The minimum atomic E-state index is -1.75. The van der Waals surface area contributed by atoms with Gasteiger partial charge in [0.1, 0.15) is 5.57 Å². The van der Waals surface area contributed by atoms with E-state index < -0.39 is 28.1 Å². The number of aliphatic carboxylic acids is 2. The van der Waals surface area contributed by atoms with E-state index in [0.717, 1.165) is 13.2 Å². The molecule has 1 rings (SSSR count). The van der Waals surface area contributed by atoms with Crippen molar-refractivity contribution >= 4 is 23.7 Å². The monoisotopic (exact) mass is 327 g/mol. The van der Waals surface area contributed by atoms with Crippen LogP contribution >= 0.6 is 0 Å². The van der Waals surface area contributed by atoms with Gasteiger partial charge in [-0.05, 0) is 12.1 Å². The molecule has 0 spiro atoms. The molecule has 10 nitrogen and oxygen atoms in total. The molecule has 0 atom stereocenters. The molecule has 0 radical (unpaired) electrons. The van der Waals surface area contributed by atoms with Crippen molar-refractivity contribution in [2.24, 2.45) is 0 Å². The summed E-state index contributed by atoms with van der Waals surface area (Å²) in [6.07, 6.45) is 0.646. The van der Waals surface area contributed by atoms with E-state index in [9.17, 15) is 19.7 Å². The summed E-state index contributed by atoms with van der Waals surface area (Å²) < 4.78 is 14.9. The topological polar surface area (TPSA) is 145 Å². The number of carboxylic acid groups (broad SMARTS) is 2. The van der Waals surface area contributed by atoms with E-state index in [0.29, 0.717) is 6.08 Å². The lowest BCUT2D eigenvalue weighted by Crippen LogP contribution is -2.11. The average Bonchev–Trinajstić information content (AvgIpc) is 2.49. The summed E-state index contributed by atoms with van der Waals surface area (Å²) in [6, 6.07) is 1.09. The number of ether oxygens (including phenoxy) is 3. The first-order valence-corrected chi connectivity index (χ1v) is 5.94. The molecule has 1 aromatic rings. The number of methoxy groups -OCH3 is 3. The zero-order chi connectivity index (χ0) is 17.7. The van der Waals surface area contributed by atoms with Gasteiger partial charge in [0.25, 0.3) is 0 Å². The number of nitro benzene ring substituents is 1. The maximum atomic E-state index is 11.3. The molecule has 0 aliphatic heterocycles. The highest BCUT2D eigenvalue weighted by molar-refractivity contribution is 6.16. The molecule has 0 aliphatic carbocycles. The zero-order valence-corrected chi connectivity index (χ0v) is 12.4. The minimum Gasteiger partial charge on any atom is -0.493 e. The second-order valence-electron chi connectivity index (χ2n) is 4.01. The van der Waals surface area contributed by atoms with Gasteiger partial charge in [0.2, 0.25) is 11.5 Å². The summed E-state index contributed by atoms with van der Waals surface area (Å²) in [6.45, 7) is 0. The minimum absolute atomic E-state index is 0.0105. The van der Waals surface area contributed by atoms with Crippen molar-refractivity contribution < 1.29 is 38.9 Å². The average molecular weight is 327 g/mol. The van der Waals surface area contributed by atoms with Gasteiger partial charge in [-0.1, -0.05) is 0 Å². The third-order valence-corrected chi connectivity index (χ3v) is 2.78.